The van der Waals surface area contributed by atoms with Gasteiger partial charge in [0.1, 0.15) is 28.9 Å². The van der Waals surface area contributed by atoms with Crippen LogP contribution < -0.4 is 87.3 Å². The smallest absolute Gasteiger partial charge is 0.264 e. The quantitative estimate of drug-likeness (QED) is 0.0703. The summed E-state index contributed by atoms with van der Waals surface area (Å²) in [6, 6.07) is 15.4. The molecule has 0 radical (unpaired) electrons. The van der Waals surface area contributed by atoms with Crippen LogP contribution in [0.3, 0.4) is 0 Å². The number of rotatable bonds is 9. The van der Waals surface area contributed by atoms with Gasteiger partial charge in [-0.2, -0.15) is 0 Å². The van der Waals surface area contributed by atoms with Crippen molar-refractivity contribution < 1.29 is 4.39 Å². The molecule has 8 atom stereocenters. The molecule has 20 rings (SSSR count). The molecular formula is C92H123FN28O4. The lowest BCUT2D eigenvalue weighted by Crippen LogP contribution is -2.49. The Morgan fingerprint density at radius 1 is 0.424 bits per heavy atom. The first kappa shape index (κ1) is 86.1. The Hall–Kier alpha value is -11.0. The zero-order chi connectivity index (χ0) is 88.4. The van der Waals surface area contributed by atoms with Gasteiger partial charge in [0.05, 0.1) is 94.1 Å². The predicted molar refractivity (Wildman–Crippen MR) is 491 cm³/mol. The summed E-state index contributed by atoms with van der Waals surface area (Å²) in [5, 5.41) is 3.04. The van der Waals surface area contributed by atoms with Gasteiger partial charge in [0.2, 0.25) is 23.8 Å². The van der Waals surface area contributed by atoms with Gasteiger partial charge in [0.15, 0.2) is 0 Å². The van der Waals surface area contributed by atoms with E-state index in [4.69, 9.17) is 60.1 Å². The van der Waals surface area contributed by atoms with E-state index < -0.39 is 5.67 Å². The van der Waals surface area contributed by atoms with E-state index in [1.807, 2.05) is 79.3 Å². The standard InChI is InChI=1S/C23H30FN7O.3C23H31N7O/c1-13-14(4-5-17(26)28-13)19-18-15(11-27-19)29-21(30(3)20(18)32)31-8-6-23(7-9-31)12-22(2,24)10-16(23)25;1-14-4-6-23(20(14)24)7-10-30(11-8-23)22-28-16-13-27-19(18(16)21(31)29(22)3)15-5-9-26-17(12-15)25-2;1-13-10-17(24)23(11-13)6-8-30(9-7-23)22-28-16-12-26-20(19(16)21(31)29(22)3)15-4-5-18(25)27-14(15)2;1-13-6-7-23(20(13)25)8-10-30(11-9-23)22-28-16-12-26-19(18(16)21(31)29(22)3)15-4-5-17(24)27-14(15)2/h4-5,16H,6-12,25H2,1-3H3,(H2,26,28);5,9,12,14,20H,4,6-8,10-11,13,24H2,1-3H3,(H,25,26);4-5,13,17H,6-12,24H2,1-3H3,(H2,25,27);4-5,13,20H,6-12,25H2,1-3H3,(H2,24,27)/t16-,22?;14-,20-;13-,17+;13-,20-/m1101/s1. The van der Waals surface area contributed by atoms with Crippen LogP contribution in [0.25, 0.3) is 0 Å². The van der Waals surface area contributed by atoms with Crippen LogP contribution in [-0.2, 0) is 54.4 Å². The minimum atomic E-state index is -1.19. The van der Waals surface area contributed by atoms with Gasteiger partial charge in [-0.15, -0.1) is 0 Å². The maximum Gasteiger partial charge on any atom is 0.264 e. The fourth-order valence-corrected chi connectivity index (χ4v) is 23.2. The summed E-state index contributed by atoms with van der Waals surface area (Å²) >= 11 is 0. The summed E-state index contributed by atoms with van der Waals surface area (Å²) in [7, 11) is 9.01. The molecule has 8 aliphatic heterocycles. The summed E-state index contributed by atoms with van der Waals surface area (Å²) < 4.78 is 21.3. The Balaban J connectivity index is 0.000000118. The van der Waals surface area contributed by atoms with Crippen LogP contribution >= 0.6 is 0 Å². The first-order valence-electron chi connectivity index (χ1n) is 44.8. The molecule has 32 nitrogen and oxygen atoms in total. The van der Waals surface area contributed by atoms with Crippen LogP contribution in [0.4, 0.5) is 51.5 Å². The average molecular weight is 1700 g/mol. The molecule has 15 N–H and O–H groups in total. The summed E-state index contributed by atoms with van der Waals surface area (Å²) in [5.41, 5.74) is 56.1. The van der Waals surface area contributed by atoms with Crippen molar-refractivity contribution in [3.05, 3.63) is 181 Å². The largest absolute Gasteiger partial charge is 0.384 e. The molecule has 16 heterocycles. The number of aliphatic imine (C=N–C) groups is 4. The number of pyridine rings is 4. The van der Waals surface area contributed by atoms with Crippen molar-refractivity contribution in [1.29, 1.82) is 0 Å². The minimum absolute atomic E-state index is 0.0365. The molecule has 662 valence electrons. The Morgan fingerprint density at radius 3 is 1.05 bits per heavy atom. The number of alkyl halides is 1. The summed E-state index contributed by atoms with van der Waals surface area (Å²) in [4.78, 5) is 118. The maximum absolute atomic E-state index is 14.6. The Labute approximate surface area is 728 Å². The molecule has 33 heteroatoms. The van der Waals surface area contributed by atoms with Crippen molar-refractivity contribution in [2.24, 2.45) is 111 Å². The summed E-state index contributed by atoms with van der Waals surface area (Å²) in [5.74, 6) is 6.86. The van der Waals surface area contributed by atoms with Gasteiger partial charge in [-0.3, -0.25) is 57.4 Å². The topological polar surface area (TPSA) is 448 Å². The van der Waals surface area contributed by atoms with Crippen LogP contribution in [0.15, 0.2) is 93.9 Å². The van der Waals surface area contributed by atoms with Gasteiger partial charge in [-0.25, -0.2) is 44.3 Å². The van der Waals surface area contributed by atoms with E-state index in [2.05, 4.69) is 85.6 Å². The zero-order valence-electron chi connectivity index (χ0n) is 74.5. The van der Waals surface area contributed by atoms with Gasteiger partial charge >= 0.3 is 0 Å². The van der Waals surface area contributed by atoms with E-state index in [0.29, 0.717) is 144 Å². The van der Waals surface area contributed by atoms with Gasteiger partial charge in [0, 0.05) is 157 Å². The molecule has 4 saturated heterocycles. The van der Waals surface area contributed by atoms with Crippen molar-refractivity contribution in [3.63, 3.8) is 0 Å². The lowest BCUT2D eigenvalue weighted by molar-refractivity contribution is 0.142. The molecule has 125 heavy (non-hydrogen) atoms. The number of fused-ring (bicyclic) bond motifs is 4. The van der Waals surface area contributed by atoms with Crippen molar-refractivity contribution >= 4 is 69.9 Å². The fourth-order valence-electron chi connectivity index (χ4n) is 23.2. The number of aryl methyl sites for hydroxylation is 3. The third kappa shape index (κ3) is 15.5. The van der Waals surface area contributed by atoms with Crippen molar-refractivity contribution in [3.8, 4) is 0 Å². The molecule has 8 fully saturated rings. The van der Waals surface area contributed by atoms with Crippen molar-refractivity contribution in [1.82, 2.24) is 58.1 Å². The van der Waals surface area contributed by atoms with E-state index in [0.717, 1.165) is 177 Å². The van der Waals surface area contributed by atoms with Gasteiger partial charge in [-0.1, -0.05) is 20.8 Å². The van der Waals surface area contributed by atoms with Gasteiger partial charge < -0.3 is 65.1 Å². The number of piperidine rings is 4. The van der Waals surface area contributed by atoms with Crippen LogP contribution in [0.1, 0.15) is 215 Å². The molecular weight excluding hydrogens is 1580 g/mol. The van der Waals surface area contributed by atoms with Crippen LogP contribution in [0, 0.1) is 60.2 Å². The third-order valence-electron chi connectivity index (χ3n) is 30.6. The highest BCUT2D eigenvalue weighted by Crippen LogP contribution is 2.54. The molecule has 4 spiro atoms. The van der Waals surface area contributed by atoms with E-state index in [9.17, 15) is 23.6 Å². The van der Waals surface area contributed by atoms with Crippen LogP contribution in [-0.4, -0.2) is 170 Å². The predicted octanol–water partition coefficient (Wildman–Crippen LogP) is 7.29. The second-order valence-electron chi connectivity index (χ2n) is 38.4. The monoisotopic (exact) mass is 1700 g/mol. The fraction of sp³-hybridized carbons (Fsp3) is 0.565. The molecule has 4 saturated carbocycles. The Kier molecular flexibility index (Phi) is 22.8. The number of anilines is 8. The van der Waals surface area contributed by atoms with Crippen molar-refractivity contribution in [2.45, 2.75) is 207 Å². The number of nitrogens with one attached hydrogen (secondary N) is 1. The molecule has 8 aromatic heterocycles. The van der Waals surface area contributed by atoms with E-state index in [1.54, 1.807) is 56.6 Å². The highest BCUT2D eigenvalue weighted by Gasteiger charge is 2.54. The number of hydrogen-bond donors (Lipinski definition) is 8. The highest BCUT2D eigenvalue weighted by atomic mass is 19.1. The highest BCUT2D eigenvalue weighted by molar-refractivity contribution is 6.17. The van der Waals surface area contributed by atoms with Crippen LogP contribution in [0.2, 0.25) is 0 Å². The van der Waals surface area contributed by atoms with E-state index in [-0.39, 0.29) is 68.1 Å². The average Bonchev–Trinajstić information content (AvgIpc) is 1.65. The lowest BCUT2D eigenvalue weighted by Gasteiger charge is -2.43. The number of halogens is 1. The molecule has 1 unspecified atom stereocenters. The molecule has 0 amide bonds. The number of nitrogens with two attached hydrogens (primary N) is 7. The van der Waals surface area contributed by atoms with Gasteiger partial charge in [-0.05, 0) is 218 Å². The zero-order valence-corrected chi connectivity index (χ0v) is 74.5. The molecule has 0 aromatic carbocycles. The Bertz CT molecular complexity index is 5810. The minimum Gasteiger partial charge on any atom is -0.384 e. The van der Waals surface area contributed by atoms with Gasteiger partial charge in [0.25, 0.3) is 22.2 Å². The molecule has 0 bridgehead atoms. The normalized spacial score (nSPS) is 25.0. The molecule has 8 aromatic rings. The maximum atomic E-state index is 14.6. The van der Waals surface area contributed by atoms with E-state index in [1.165, 1.54) is 32.1 Å². The number of nitrogen functional groups attached to an aromatic ring is 3. The van der Waals surface area contributed by atoms with Crippen molar-refractivity contribution in [2.75, 3.05) is 102 Å². The SMILES string of the molecule is CNc1cc(C2=NCc3nc(N4CCC5(CC[C@@H](C)[C@H]5N)CC4)n(C)c(=O)c32)ccn1.Cc1nc(N)ccc1C1=NCc2nc(N3CCC4(CC3)CC(C)(F)C[C@H]4N)n(C)c(=O)c21.Cc1nc(N)ccc1C1=NCc2nc(N3CCC4(CC3)C[C@@H](C)C[C@H]4N)n(C)c(=O)c21.Cc1nc(N)ccc1C1=NCc2nc(N3CCC4(CC[C@@H](C)[C@H]4N)CC3)n(C)c(=O)c21. The lowest BCUT2D eigenvalue weighted by atomic mass is 9.73. The summed E-state index contributed by atoms with van der Waals surface area (Å²) in [6.07, 6.45) is 17.8. The van der Waals surface area contributed by atoms with E-state index >= 15 is 0 Å². The molecule has 4 aliphatic carbocycles. The first-order chi connectivity index (χ1) is 59.6. The van der Waals surface area contributed by atoms with Crippen LogP contribution in [0.5, 0.6) is 0 Å². The Morgan fingerprint density at radius 2 is 0.752 bits per heavy atom. The number of hydrogen-bond acceptors (Lipinski definition) is 28. The second kappa shape index (κ2) is 33.1. The first-order valence-corrected chi connectivity index (χ1v) is 44.8. The number of aromatic nitrogens is 12. The molecule has 12 aliphatic rings. The number of nitrogens with zero attached hydrogens (tertiary/aromatic N) is 20. The third-order valence-corrected chi connectivity index (χ3v) is 30.6. The summed E-state index contributed by atoms with van der Waals surface area (Å²) in [6.45, 7) is 22.5. The second-order valence-corrected chi connectivity index (χ2v) is 38.4.